The molecule has 0 aliphatic heterocycles. The van der Waals surface area contributed by atoms with E-state index in [1.807, 2.05) is 30.3 Å². The van der Waals surface area contributed by atoms with Gasteiger partial charge in [-0.3, -0.25) is 4.79 Å². The van der Waals surface area contributed by atoms with Gasteiger partial charge in [-0.15, -0.1) is 0 Å². The average molecular weight is 278 g/mol. The Hall–Kier alpha value is -2.48. The van der Waals surface area contributed by atoms with E-state index in [0.29, 0.717) is 21.9 Å². The zero-order chi connectivity index (χ0) is 14.8. The van der Waals surface area contributed by atoms with Crippen molar-refractivity contribution < 1.29 is 9.18 Å². The number of fused-ring (bicyclic) bond motifs is 1. The van der Waals surface area contributed by atoms with Gasteiger partial charge in [0.25, 0.3) is 0 Å². The molecule has 0 fully saturated rings. The van der Waals surface area contributed by atoms with Gasteiger partial charge in [-0.25, -0.2) is 4.39 Å². The van der Waals surface area contributed by atoms with Crippen molar-refractivity contribution in [1.82, 2.24) is 0 Å². The summed E-state index contributed by atoms with van der Waals surface area (Å²) in [5, 5.41) is 1.13. The van der Waals surface area contributed by atoms with Crippen LogP contribution in [0.25, 0.3) is 10.8 Å². The van der Waals surface area contributed by atoms with Crippen molar-refractivity contribution in [2.75, 3.05) is 0 Å². The number of hydrogen-bond acceptors (Lipinski definition) is 1. The van der Waals surface area contributed by atoms with Crippen LogP contribution in [-0.4, -0.2) is 5.78 Å². The van der Waals surface area contributed by atoms with E-state index in [1.54, 1.807) is 24.3 Å². The SMILES string of the molecule is CCc1ccc(C(=O)c2ccc(F)c3ccccc23)cc1. The van der Waals surface area contributed by atoms with E-state index in [0.717, 1.165) is 6.42 Å². The normalized spacial score (nSPS) is 10.8. The minimum absolute atomic E-state index is 0.0751. The second-order valence-corrected chi connectivity index (χ2v) is 5.02. The predicted molar refractivity (Wildman–Crippen MR) is 83.2 cm³/mol. The fourth-order valence-electron chi connectivity index (χ4n) is 2.51. The number of aryl methyl sites for hydroxylation is 1. The summed E-state index contributed by atoms with van der Waals surface area (Å²) in [7, 11) is 0. The summed E-state index contributed by atoms with van der Waals surface area (Å²) < 4.78 is 13.8. The number of halogens is 1. The Kier molecular flexibility index (Phi) is 3.53. The fourth-order valence-corrected chi connectivity index (χ4v) is 2.51. The van der Waals surface area contributed by atoms with Crippen LogP contribution in [0.4, 0.5) is 4.39 Å². The van der Waals surface area contributed by atoms with Gasteiger partial charge in [-0.05, 0) is 29.5 Å². The molecule has 104 valence electrons. The van der Waals surface area contributed by atoms with Crippen molar-refractivity contribution >= 4 is 16.6 Å². The van der Waals surface area contributed by atoms with Crippen molar-refractivity contribution in [2.24, 2.45) is 0 Å². The van der Waals surface area contributed by atoms with Gasteiger partial charge in [0, 0.05) is 16.5 Å². The molecule has 0 atom stereocenters. The standard InChI is InChI=1S/C19H15FO/c1-2-13-7-9-14(10-8-13)19(21)17-11-12-18(20)16-6-4-3-5-15(16)17/h3-12H,2H2,1H3. The Labute approximate surface area is 123 Å². The summed E-state index contributed by atoms with van der Waals surface area (Å²) >= 11 is 0. The van der Waals surface area contributed by atoms with E-state index in [-0.39, 0.29) is 11.6 Å². The van der Waals surface area contributed by atoms with Gasteiger partial charge in [0.1, 0.15) is 5.82 Å². The van der Waals surface area contributed by atoms with Gasteiger partial charge in [0.2, 0.25) is 0 Å². The van der Waals surface area contributed by atoms with Crippen LogP contribution in [0.15, 0.2) is 60.7 Å². The Morgan fingerprint density at radius 3 is 2.24 bits per heavy atom. The highest BCUT2D eigenvalue weighted by atomic mass is 19.1. The van der Waals surface area contributed by atoms with Gasteiger partial charge in [-0.1, -0.05) is 55.5 Å². The molecule has 0 unspecified atom stereocenters. The first-order valence-corrected chi connectivity index (χ1v) is 7.01. The third-order valence-electron chi connectivity index (χ3n) is 3.74. The second kappa shape index (κ2) is 5.49. The predicted octanol–water partition coefficient (Wildman–Crippen LogP) is 4.77. The van der Waals surface area contributed by atoms with Crippen molar-refractivity contribution in [3.05, 3.63) is 83.2 Å². The van der Waals surface area contributed by atoms with Crippen LogP contribution < -0.4 is 0 Å². The van der Waals surface area contributed by atoms with Gasteiger partial charge in [-0.2, -0.15) is 0 Å². The molecule has 0 radical (unpaired) electrons. The number of ketones is 1. The Morgan fingerprint density at radius 1 is 0.905 bits per heavy atom. The lowest BCUT2D eigenvalue weighted by Crippen LogP contribution is -2.03. The molecule has 0 spiro atoms. The summed E-state index contributed by atoms with van der Waals surface area (Å²) in [6.45, 7) is 2.07. The minimum atomic E-state index is -0.302. The zero-order valence-corrected chi connectivity index (χ0v) is 11.8. The lowest BCUT2D eigenvalue weighted by Gasteiger charge is -2.07. The van der Waals surface area contributed by atoms with Crippen molar-refractivity contribution in [2.45, 2.75) is 13.3 Å². The van der Waals surface area contributed by atoms with E-state index < -0.39 is 0 Å². The topological polar surface area (TPSA) is 17.1 Å². The number of carbonyl (C=O) groups excluding carboxylic acids is 1. The summed E-state index contributed by atoms with van der Waals surface area (Å²) in [6.07, 6.45) is 0.938. The maximum atomic E-state index is 13.8. The Balaban J connectivity index is 2.11. The van der Waals surface area contributed by atoms with Crippen LogP contribution >= 0.6 is 0 Å². The molecule has 0 aromatic heterocycles. The van der Waals surface area contributed by atoms with Crippen LogP contribution in [0.2, 0.25) is 0 Å². The molecule has 21 heavy (non-hydrogen) atoms. The third kappa shape index (κ3) is 2.45. The summed E-state index contributed by atoms with van der Waals surface area (Å²) in [5.41, 5.74) is 2.36. The maximum absolute atomic E-state index is 13.8. The molecule has 0 amide bonds. The summed E-state index contributed by atoms with van der Waals surface area (Å²) in [4.78, 5) is 12.6. The van der Waals surface area contributed by atoms with E-state index in [4.69, 9.17) is 0 Å². The van der Waals surface area contributed by atoms with E-state index in [9.17, 15) is 9.18 Å². The Morgan fingerprint density at radius 2 is 1.57 bits per heavy atom. The van der Waals surface area contributed by atoms with Crippen molar-refractivity contribution in [3.63, 3.8) is 0 Å². The van der Waals surface area contributed by atoms with Crippen LogP contribution in [0, 0.1) is 5.82 Å². The van der Waals surface area contributed by atoms with E-state index in [1.165, 1.54) is 11.6 Å². The molecule has 0 bridgehead atoms. The van der Waals surface area contributed by atoms with Gasteiger partial charge >= 0.3 is 0 Å². The Bertz CT molecular complexity index is 803. The van der Waals surface area contributed by atoms with Crippen LogP contribution in [0.1, 0.15) is 28.4 Å². The lowest BCUT2D eigenvalue weighted by molar-refractivity contribution is 0.104. The quantitative estimate of drug-likeness (QED) is 0.630. The smallest absolute Gasteiger partial charge is 0.193 e. The zero-order valence-electron chi connectivity index (χ0n) is 11.8. The molecule has 0 heterocycles. The van der Waals surface area contributed by atoms with Crippen LogP contribution in [0.5, 0.6) is 0 Å². The highest BCUT2D eigenvalue weighted by Crippen LogP contribution is 2.24. The first-order valence-electron chi connectivity index (χ1n) is 7.01. The number of rotatable bonds is 3. The number of hydrogen-bond donors (Lipinski definition) is 0. The van der Waals surface area contributed by atoms with Crippen molar-refractivity contribution in [3.8, 4) is 0 Å². The van der Waals surface area contributed by atoms with Gasteiger partial charge < -0.3 is 0 Å². The van der Waals surface area contributed by atoms with E-state index >= 15 is 0 Å². The molecule has 0 aliphatic carbocycles. The fraction of sp³-hybridized carbons (Fsp3) is 0.105. The first-order chi connectivity index (χ1) is 10.2. The highest BCUT2D eigenvalue weighted by molar-refractivity contribution is 6.16. The molecule has 3 rings (SSSR count). The molecule has 0 saturated heterocycles. The molecule has 3 aromatic rings. The molecular formula is C19H15FO. The number of benzene rings is 3. The number of carbonyl (C=O) groups is 1. The van der Waals surface area contributed by atoms with Gasteiger partial charge in [0.05, 0.1) is 0 Å². The van der Waals surface area contributed by atoms with E-state index in [2.05, 4.69) is 6.92 Å². The molecule has 1 nitrogen and oxygen atoms in total. The van der Waals surface area contributed by atoms with Crippen LogP contribution in [0.3, 0.4) is 0 Å². The van der Waals surface area contributed by atoms with Gasteiger partial charge in [0.15, 0.2) is 5.78 Å². The molecule has 0 saturated carbocycles. The van der Waals surface area contributed by atoms with Crippen molar-refractivity contribution in [1.29, 1.82) is 0 Å². The molecule has 0 N–H and O–H groups in total. The average Bonchev–Trinajstić information content (AvgIpc) is 2.55. The summed E-state index contributed by atoms with van der Waals surface area (Å²) in [5.74, 6) is -0.377. The largest absolute Gasteiger partial charge is 0.289 e. The maximum Gasteiger partial charge on any atom is 0.193 e. The summed E-state index contributed by atoms with van der Waals surface area (Å²) in [6, 6.07) is 17.6. The highest BCUT2D eigenvalue weighted by Gasteiger charge is 2.14. The monoisotopic (exact) mass is 278 g/mol. The second-order valence-electron chi connectivity index (χ2n) is 5.02. The molecule has 0 aliphatic rings. The molecule has 2 heteroatoms. The molecular weight excluding hydrogens is 263 g/mol. The molecule has 3 aromatic carbocycles. The lowest BCUT2D eigenvalue weighted by atomic mass is 9.96. The van der Waals surface area contributed by atoms with Crippen LogP contribution in [-0.2, 0) is 6.42 Å². The minimum Gasteiger partial charge on any atom is -0.289 e. The third-order valence-corrected chi connectivity index (χ3v) is 3.74. The first kappa shape index (κ1) is 13.5.